The molecule has 3 nitrogen and oxygen atoms in total. The minimum atomic E-state index is -0.469. The summed E-state index contributed by atoms with van der Waals surface area (Å²) in [5.74, 6) is 2.36. The fourth-order valence-corrected chi connectivity index (χ4v) is 3.42. The van der Waals surface area contributed by atoms with E-state index in [1.807, 2.05) is 24.0 Å². The first kappa shape index (κ1) is 12.6. The third-order valence-corrected chi connectivity index (χ3v) is 4.00. The second kappa shape index (κ2) is 4.81. The zero-order valence-electron chi connectivity index (χ0n) is 11.2. The maximum absolute atomic E-state index is 10.7. The van der Waals surface area contributed by atoms with Gasteiger partial charge in [-0.15, -0.1) is 0 Å². The lowest BCUT2D eigenvalue weighted by Crippen LogP contribution is -2.38. The van der Waals surface area contributed by atoms with Gasteiger partial charge in [0.15, 0.2) is 0 Å². The molecule has 0 amide bonds. The van der Waals surface area contributed by atoms with E-state index in [9.17, 15) is 5.11 Å². The Hall–Kier alpha value is -0.830. The van der Waals surface area contributed by atoms with Crippen LogP contribution in [-0.4, -0.2) is 20.3 Å². The molecule has 1 fully saturated rings. The van der Waals surface area contributed by atoms with E-state index in [0.717, 1.165) is 31.5 Å². The summed E-state index contributed by atoms with van der Waals surface area (Å²) in [6, 6.07) is 0. The van der Waals surface area contributed by atoms with Crippen LogP contribution in [0.1, 0.15) is 45.4 Å². The van der Waals surface area contributed by atoms with Crippen LogP contribution in [0, 0.1) is 11.8 Å². The van der Waals surface area contributed by atoms with Crippen molar-refractivity contribution in [2.75, 3.05) is 0 Å². The van der Waals surface area contributed by atoms with Gasteiger partial charge in [-0.05, 0) is 37.5 Å². The first-order chi connectivity index (χ1) is 7.98. The summed E-state index contributed by atoms with van der Waals surface area (Å²) in [4.78, 5) is 4.32. The Morgan fingerprint density at radius 1 is 1.41 bits per heavy atom. The SMILES string of the molecule is CC1CC(C)CC(O)(CCc2nccn2C)C1. The van der Waals surface area contributed by atoms with E-state index in [4.69, 9.17) is 0 Å². The predicted molar refractivity (Wildman–Crippen MR) is 68.7 cm³/mol. The van der Waals surface area contributed by atoms with Crippen LogP contribution in [0.15, 0.2) is 12.4 Å². The summed E-state index contributed by atoms with van der Waals surface area (Å²) >= 11 is 0. The highest BCUT2D eigenvalue weighted by atomic mass is 16.3. The monoisotopic (exact) mass is 236 g/mol. The van der Waals surface area contributed by atoms with Crippen molar-refractivity contribution in [1.29, 1.82) is 0 Å². The topological polar surface area (TPSA) is 38.1 Å². The van der Waals surface area contributed by atoms with E-state index in [1.165, 1.54) is 6.42 Å². The molecule has 2 rings (SSSR count). The number of nitrogens with zero attached hydrogens (tertiary/aromatic N) is 2. The molecule has 3 heteroatoms. The maximum Gasteiger partial charge on any atom is 0.108 e. The number of aryl methyl sites for hydroxylation is 2. The summed E-state index contributed by atoms with van der Waals surface area (Å²) in [5, 5.41) is 10.7. The van der Waals surface area contributed by atoms with Gasteiger partial charge < -0.3 is 9.67 Å². The summed E-state index contributed by atoms with van der Waals surface area (Å²) in [5.41, 5.74) is -0.469. The molecule has 1 aromatic rings. The predicted octanol–water partition coefficient (Wildman–Crippen LogP) is 2.54. The van der Waals surface area contributed by atoms with E-state index in [1.54, 1.807) is 0 Å². The van der Waals surface area contributed by atoms with Crippen LogP contribution in [0.5, 0.6) is 0 Å². The molecule has 0 aliphatic heterocycles. The third-order valence-electron chi connectivity index (χ3n) is 4.00. The van der Waals surface area contributed by atoms with Gasteiger partial charge in [-0.25, -0.2) is 4.98 Å². The van der Waals surface area contributed by atoms with Gasteiger partial charge in [-0.1, -0.05) is 13.8 Å². The number of hydrogen-bond donors (Lipinski definition) is 1. The second-order valence-corrected chi connectivity index (χ2v) is 6.03. The van der Waals surface area contributed by atoms with Crippen molar-refractivity contribution in [3.05, 3.63) is 18.2 Å². The number of aliphatic hydroxyl groups is 1. The molecule has 1 aliphatic rings. The van der Waals surface area contributed by atoms with Crippen LogP contribution >= 0.6 is 0 Å². The van der Waals surface area contributed by atoms with Crippen LogP contribution in [0.3, 0.4) is 0 Å². The van der Waals surface area contributed by atoms with Gasteiger partial charge in [0, 0.05) is 25.9 Å². The minimum absolute atomic E-state index is 0.469. The van der Waals surface area contributed by atoms with Crippen molar-refractivity contribution in [1.82, 2.24) is 9.55 Å². The van der Waals surface area contributed by atoms with Crippen LogP contribution in [-0.2, 0) is 13.5 Å². The van der Waals surface area contributed by atoms with Crippen LogP contribution in [0.2, 0.25) is 0 Å². The Morgan fingerprint density at radius 3 is 2.59 bits per heavy atom. The van der Waals surface area contributed by atoms with Crippen molar-refractivity contribution in [3.8, 4) is 0 Å². The maximum atomic E-state index is 10.7. The molecule has 0 aromatic carbocycles. The molecule has 0 bridgehead atoms. The Kier molecular flexibility index (Phi) is 3.57. The van der Waals surface area contributed by atoms with Gasteiger partial charge in [0.2, 0.25) is 0 Å². The Balaban J connectivity index is 1.95. The molecule has 1 aliphatic carbocycles. The van der Waals surface area contributed by atoms with Gasteiger partial charge in [0.1, 0.15) is 5.82 Å². The highest BCUT2D eigenvalue weighted by molar-refractivity contribution is 4.95. The normalized spacial score (nSPS) is 33.9. The van der Waals surface area contributed by atoms with Crippen molar-refractivity contribution >= 4 is 0 Å². The lowest BCUT2D eigenvalue weighted by Gasteiger charge is -2.39. The minimum Gasteiger partial charge on any atom is -0.390 e. The molecule has 2 atom stereocenters. The van der Waals surface area contributed by atoms with E-state index in [-0.39, 0.29) is 0 Å². The number of aromatic nitrogens is 2. The standard InChI is InChI=1S/C14H24N2O/c1-11-8-12(2)10-14(17,9-11)5-4-13-15-6-7-16(13)3/h6-7,11-12,17H,4-5,8-10H2,1-3H3. The largest absolute Gasteiger partial charge is 0.390 e. The number of rotatable bonds is 3. The van der Waals surface area contributed by atoms with Crippen LogP contribution in [0.25, 0.3) is 0 Å². The van der Waals surface area contributed by atoms with Crippen LogP contribution in [0.4, 0.5) is 0 Å². The fraction of sp³-hybridized carbons (Fsp3) is 0.786. The zero-order chi connectivity index (χ0) is 12.5. The summed E-state index contributed by atoms with van der Waals surface area (Å²) in [6.45, 7) is 4.50. The second-order valence-electron chi connectivity index (χ2n) is 6.03. The molecule has 1 saturated carbocycles. The average Bonchev–Trinajstić information content (AvgIpc) is 2.59. The summed E-state index contributed by atoms with van der Waals surface area (Å²) in [6.07, 6.45) is 8.65. The van der Waals surface area contributed by atoms with E-state index >= 15 is 0 Å². The molecular formula is C14H24N2O. The molecule has 0 spiro atoms. The fourth-order valence-electron chi connectivity index (χ4n) is 3.42. The third kappa shape index (κ3) is 3.09. The lowest BCUT2D eigenvalue weighted by molar-refractivity contribution is -0.0376. The summed E-state index contributed by atoms with van der Waals surface area (Å²) < 4.78 is 2.04. The Morgan fingerprint density at radius 2 is 2.06 bits per heavy atom. The highest BCUT2D eigenvalue weighted by Crippen LogP contribution is 2.38. The number of imidazole rings is 1. The molecule has 1 heterocycles. The molecular weight excluding hydrogens is 212 g/mol. The Labute approximate surface area is 104 Å². The van der Waals surface area contributed by atoms with Crippen molar-refractivity contribution in [2.45, 2.75) is 51.6 Å². The highest BCUT2D eigenvalue weighted by Gasteiger charge is 2.35. The average molecular weight is 236 g/mol. The van der Waals surface area contributed by atoms with E-state index in [2.05, 4.69) is 18.8 Å². The quantitative estimate of drug-likeness (QED) is 0.875. The van der Waals surface area contributed by atoms with E-state index < -0.39 is 5.60 Å². The van der Waals surface area contributed by atoms with Crippen molar-refractivity contribution in [2.24, 2.45) is 18.9 Å². The molecule has 0 radical (unpaired) electrons. The molecule has 17 heavy (non-hydrogen) atoms. The van der Waals surface area contributed by atoms with Gasteiger partial charge in [-0.3, -0.25) is 0 Å². The first-order valence-electron chi connectivity index (χ1n) is 6.67. The lowest BCUT2D eigenvalue weighted by atomic mass is 9.72. The zero-order valence-corrected chi connectivity index (χ0v) is 11.2. The van der Waals surface area contributed by atoms with Crippen molar-refractivity contribution in [3.63, 3.8) is 0 Å². The molecule has 1 N–H and O–H groups in total. The smallest absolute Gasteiger partial charge is 0.108 e. The van der Waals surface area contributed by atoms with Gasteiger partial charge in [0.25, 0.3) is 0 Å². The Bertz CT molecular complexity index is 362. The number of hydrogen-bond acceptors (Lipinski definition) is 2. The molecule has 0 saturated heterocycles. The summed E-state index contributed by atoms with van der Waals surface area (Å²) in [7, 11) is 2.01. The van der Waals surface area contributed by atoms with E-state index in [0.29, 0.717) is 11.8 Å². The molecule has 96 valence electrons. The molecule has 2 unspecified atom stereocenters. The van der Waals surface area contributed by atoms with Gasteiger partial charge >= 0.3 is 0 Å². The van der Waals surface area contributed by atoms with Crippen LogP contribution < -0.4 is 0 Å². The van der Waals surface area contributed by atoms with Crippen molar-refractivity contribution < 1.29 is 5.11 Å². The van der Waals surface area contributed by atoms with Gasteiger partial charge in [0.05, 0.1) is 5.60 Å². The molecule has 1 aromatic heterocycles. The van der Waals surface area contributed by atoms with Gasteiger partial charge in [-0.2, -0.15) is 0 Å². The first-order valence-corrected chi connectivity index (χ1v) is 6.67.